The Kier molecular flexibility index (Phi) is 6.01. The summed E-state index contributed by atoms with van der Waals surface area (Å²) >= 11 is 7.41. The fourth-order valence-electron chi connectivity index (χ4n) is 2.90. The predicted octanol–water partition coefficient (Wildman–Crippen LogP) is 5.92. The molecule has 0 spiro atoms. The predicted molar refractivity (Wildman–Crippen MR) is 123 cm³/mol. The highest BCUT2D eigenvalue weighted by Gasteiger charge is 2.13. The van der Waals surface area contributed by atoms with E-state index in [0.717, 1.165) is 27.4 Å². The van der Waals surface area contributed by atoms with Crippen molar-refractivity contribution in [2.75, 3.05) is 0 Å². The third kappa shape index (κ3) is 4.79. The summed E-state index contributed by atoms with van der Waals surface area (Å²) in [5.74, 6) is 0. The summed E-state index contributed by atoms with van der Waals surface area (Å²) in [6, 6.07) is 22.1. The fraction of sp³-hybridized carbons (Fsp3) is 0.0870. The van der Waals surface area contributed by atoms with Gasteiger partial charge in [-0.2, -0.15) is 0 Å². The molecule has 1 aromatic heterocycles. The minimum absolute atomic E-state index is 0.190. The van der Waals surface area contributed by atoms with Gasteiger partial charge in [0.2, 0.25) is 10.0 Å². The normalized spacial score (nSPS) is 11.5. The summed E-state index contributed by atoms with van der Waals surface area (Å²) in [6.07, 6.45) is 0. The molecule has 0 amide bonds. The average molecular weight is 455 g/mol. The molecule has 4 aromatic rings. The van der Waals surface area contributed by atoms with Gasteiger partial charge in [0.1, 0.15) is 5.01 Å². The van der Waals surface area contributed by atoms with Crippen LogP contribution < -0.4 is 4.72 Å². The van der Waals surface area contributed by atoms with E-state index in [1.54, 1.807) is 23.5 Å². The molecule has 7 heteroatoms. The van der Waals surface area contributed by atoms with Crippen LogP contribution in [-0.4, -0.2) is 13.4 Å². The minimum Gasteiger partial charge on any atom is -0.236 e. The van der Waals surface area contributed by atoms with Gasteiger partial charge < -0.3 is 0 Å². The topological polar surface area (TPSA) is 59.1 Å². The molecule has 0 radical (unpaired) electrons. The Morgan fingerprint density at radius 2 is 1.53 bits per heavy atom. The SMILES string of the molecule is Cc1ccc(-c2csc(-c3ccc(CNS(=O)(=O)c4ccc(Cl)cc4)cc3)n2)cc1. The van der Waals surface area contributed by atoms with Crippen molar-refractivity contribution in [3.63, 3.8) is 0 Å². The Morgan fingerprint density at radius 1 is 0.900 bits per heavy atom. The summed E-state index contributed by atoms with van der Waals surface area (Å²) in [5, 5.41) is 3.48. The second-order valence-corrected chi connectivity index (χ2v) is 9.94. The second kappa shape index (κ2) is 8.70. The van der Waals surface area contributed by atoms with E-state index in [1.807, 2.05) is 29.6 Å². The van der Waals surface area contributed by atoms with Crippen LogP contribution >= 0.6 is 22.9 Å². The maximum absolute atomic E-state index is 12.4. The van der Waals surface area contributed by atoms with Crippen LogP contribution in [-0.2, 0) is 16.6 Å². The first kappa shape index (κ1) is 20.8. The number of hydrogen-bond acceptors (Lipinski definition) is 4. The summed E-state index contributed by atoms with van der Waals surface area (Å²) in [4.78, 5) is 4.93. The van der Waals surface area contributed by atoms with Gasteiger partial charge in [-0.1, -0.05) is 65.7 Å². The van der Waals surface area contributed by atoms with Crippen molar-refractivity contribution in [3.05, 3.63) is 94.3 Å². The van der Waals surface area contributed by atoms with Crippen LogP contribution in [0.15, 0.2) is 83.1 Å². The Hall–Kier alpha value is -2.51. The number of sulfonamides is 1. The molecule has 0 unspecified atom stereocenters. The molecule has 1 heterocycles. The van der Waals surface area contributed by atoms with Crippen molar-refractivity contribution in [2.24, 2.45) is 0 Å². The zero-order valence-corrected chi connectivity index (χ0v) is 18.6. The van der Waals surface area contributed by atoms with Crippen molar-refractivity contribution < 1.29 is 8.42 Å². The first-order valence-corrected chi connectivity index (χ1v) is 12.0. The maximum Gasteiger partial charge on any atom is 0.240 e. The van der Waals surface area contributed by atoms with Crippen LogP contribution in [0.5, 0.6) is 0 Å². The van der Waals surface area contributed by atoms with Crippen LogP contribution in [0.2, 0.25) is 5.02 Å². The van der Waals surface area contributed by atoms with E-state index in [4.69, 9.17) is 16.6 Å². The number of aromatic nitrogens is 1. The van der Waals surface area contributed by atoms with Crippen molar-refractivity contribution >= 4 is 33.0 Å². The molecule has 1 N–H and O–H groups in total. The standard InChI is InChI=1S/C23H19ClN2O2S2/c1-16-2-6-18(7-3-16)22-15-29-23(26-22)19-8-4-17(5-9-19)14-25-30(27,28)21-12-10-20(24)11-13-21/h2-13,15,25H,14H2,1H3. The first-order chi connectivity index (χ1) is 14.4. The number of thiazole rings is 1. The number of rotatable bonds is 6. The number of nitrogens with one attached hydrogen (secondary N) is 1. The van der Waals surface area contributed by atoms with Gasteiger partial charge in [-0.15, -0.1) is 11.3 Å². The number of nitrogens with zero attached hydrogens (tertiary/aromatic N) is 1. The molecule has 0 saturated carbocycles. The van der Waals surface area contributed by atoms with Crippen LogP contribution in [0.3, 0.4) is 0 Å². The second-order valence-electron chi connectivity index (χ2n) is 6.88. The van der Waals surface area contributed by atoms with Crippen molar-refractivity contribution in [2.45, 2.75) is 18.4 Å². The smallest absolute Gasteiger partial charge is 0.236 e. The van der Waals surface area contributed by atoms with Gasteiger partial charge in [-0.3, -0.25) is 0 Å². The van der Waals surface area contributed by atoms with Gasteiger partial charge in [0, 0.05) is 28.1 Å². The van der Waals surface area contributed by atoms with Gasteiger partial charge >= 0.3 is 0 Å². The molecule has 3 aromatic carbocycles. The largest absolute Gasteiger partial charge is 0.240 e. The lowest BCUT2D eigenvalue weighted by Crippen LogP contribution is -2.23. The van der Waals surface area contributed by atoms with Crippen molar-refractivity contribution in [3.8, 4) is 21.8 Å². The molecular weight excluding hydrogens is 436 g/mol. The summed E-state index contributed by atoms with van der Waals surface area (Å²) in [6.45, 7) is 2.27. The number of halogens is 1. The maximum atomic E-state index is 12.4. The molecular formula is C23H19ClN2O2S2. The molecule has 4 rings (SSSR count). The highest BCUT2D eigenvalue weighted by molar-refractivity contribution is 7.89. The molecule has 152 valence electrons. The Labute approximate surface area is 185 Å². The average Bonchev–Trinajstić information content (AvgIpc) is 3.24. The van der Waals surface area contributed by atoms with Gasteiger partial charge in [0.15, 0.2) is 0 Å². The zero-order chi connectivity index (χ0) is 21.1. The van der Waals surface area contributed by atoms with Crippen LogP contribution in [0.25, 0.3) is 21.8 Å². The van der Waals surface area contributed by atoms with Gasteiger partial charge in [-0.05, 0) is 36.8 Å². The molecule has 4 nitrogen and oxygen atoms in total. The van der Waals surface area contributed by atoms with Gasteiger partial charge in [-0.25, -0.2) is 18.1 Å². The molecule has 0 bridgehead atoms. The monoisotopic (exact) mass is 454 g/mol. The molecule has 0 fully saturated rings. The quantitative estimate of drug-likeness (QED) is 0.393. The Bertz CT molecular complexity index is 1250. The van der Waals surface area contributed by atoms with E-state index in [9.17, 15) is 8.42 Å². The molecule has 30 heavy (non-hydrogen) atoms. The van der Waals surface area contributed by atoms with Crippen LogP contribution in [0.4, 0.5) is 0 Å². The minimum atomic E-state index is -3.59. The molecule has 0 aliphatic carbocycles. The van der Waals surface area contributed by atoms with E-state index in [2.05, 4.69) is 35.9 Å². The third-order valence-corrected chi connectivity index (χ3v) is 7.20. The summed E-state index contributed by atoms with van der Waals surface area (Å²) in [7, 11) is -3.59. The molecule has 0 aliphatic rings. The molecule has 0 aliphatic heterocycles. The van der Waals surface area contributed by atoms with Gasteiger partial charge in [0.25, 0.3) is 0 Å². The molecule has 0 saturated heterocycles. The van der Waals surface area contributed by atoms with Crippen LogP contribution in [0.1, 0.15) is 11.1 Å². The summed E-state index contributed by atoms with van der Waals surface area (Å²) in [5.41, 5.74) is 5.14. The Balaban J connectivity index is 1.44. The third-order valence-electron chi connectivity index (χ3n) is 4.64. The number of aryl methyl sites for hydroxylation is 1. The van der Waals surface area contributed by atoms with E-state index >= 15 is 0 Å². The van der Waals surface area contributed by atoms with E-state index in [-0.39, 0.29) is 11.4 Å². The highest BCUT2D eigenvalue weighted by Crippen LogP contribution is 2.29. The van der Waals surface area contributed by atoms with Gasteiger partial charge in [0.05, 0.1) is 10.6 Å². The number of hydrogen-bond donors (Lipinski definition) is 1. The Morgan fingerprint density at radius 3 is 2.20 bits per heavy atom. The van der Waals surface area contributed by atoms with Crippen molar-refractivity contribution in [1.29, 1.82) is 0 Å². The number of benzene rings is 3. The lowest BCUT2D eigenvalue weighted by molar-refractivity contribution is 0.581. The van der Waals surface area contributed by atoms with E-state index < -0.39 is 10.0 Å². The summed E-state index contributed by atoms with van der Waals surface area (Å²) < 4.78 is 27.4. The zero-order valence-electron chi connectivity index (χ0n) is 16.2. The lowest BCUT2D eigenvalue weighted by Gasteiger charge is -2.07. The van der Waals surface area contributed by atoms with E-state index in [0.29, 0.717) is 5.02 Å². The fourth-order valence-corrected chi connectivity index (χ4v) is 4.88. The first-order valence-electron chi connectivity index (χ1n) is 9.28. The lowest BCUT2D eigenvalue weighted by atomic mass is 10.1. The highest BCUT2D eigenvalue weighted by atomic mass is 35.5. The van der Waals surface area contributed by atoms with Crippen molar-refractivity contribution in [1.82, 2.24) is 9.71 Å². The molecule has 0 atom stereocenters. The van der Waals surface area contributed by atoms with E-state index in [1.165, 1.54) is 17.7 Å². The van der Waals surface area contributed by atoms with Crippen LogP contribution in [0, 0.1) is 6.92 Å².